The van der Waals surface area contributed by atoms with E-state index >= 15 is 0 Å². The van der Waals surface area contributed by atoms with Crippen molar-refractivity contribution in [2.45, 2.75) is 57.5 Å². The lowest BCUT2D eigenvalue weighted by Gasteiger charge is -2.32. The van der Waals surface area contributed by atoms with Gasteiger partial charge in [-0.05, 0) is 30.1 Å². The van der Waals surface area contributed by atoms with Crippen molar-refractivity contribution >= 4 is 28.5 Å². The van der Waals surface area contributed by atoms with E-state index in [0.29, 0.717) is 19.4 Å². The molecule has 118 valence electrons. The summed E-state index contributed by atoms with van der Waals surface area (Å²) in [5, 5.41) is 2.69. The molecule has 0 spiro atoms. The van der Waals surface area contributed by atoms with Gasteiger partial charge < -0.3 is 5.32 Å². The molecular weight excluding hydrogens is 382 g/mol. The minimum atomic E-state index is -4.25. The molecule has 0 aromatic rings. The Morgan fingerprint density at radius 2 is 1.75 bits per heavy atom. The summed E-state index contributed by atoms with van der Waals surface area (Å²) in [6.07, 6.45) is 1.67. The van der Waals surface area contributed by atoms with E-state index in [9.17, 15) is 18.0 Å². The Hall–Kier alpha value is -0.0100. The Bertz CT molecular complexity index is 297. The van der Waals surface area contributed by atoms with E-state index in [0.717, 1.165) is 36.5 Å². The fourth-order valence-electron chi connectivity index (χ4n) is 2.75. The van der Waals surface area contributed by atoms with Gasteiger partial charge in [0, 0.05) is 12.5 Å². The summed E-state index contributed by atoms with van der Waals surface area (Å²) in [7, 11) is 0. The van der Waals surface area contributed by atoms with Crippen LogP contribution in [0.5, 0.6) is 0 Å². The molecule has 1 saturated carbocycles. The fourth-order valence-corrected chi connectivity index (χ4v) is 3.29. The number of halogens is 4. The molecule has 1 fully saturated rings. The van der Waals surface area contributed by atoms with Gasteiger partial charge >= 0.3 is 6.18 Å². The number of alkyl halides is 4. The number of amides is 1. The molecule has 2 nitrogen and oxygen atoms in total. The standard InChI is InChI=1S/C14H23F3INO/c15-14(16,17)12-8-4-3-7-11(12)13(20)19-10-6-2-1-5-9-18/h11-12H,1-10H2,(H,19,20). The van der Waals surface area contributed by atoms with Crippen molar-refractivity contribution in [2.24, 2.45) is 11.8 Å². The Balaban J connectivity index is 2.33. The first-order chi connectivity index (χ1) is 9.46. The van der Waals surface area contributed by atoms with Crippen molar-refractivity contribution in [1.29, 1.82) is 0 Å². The Morgan fingerprint density at radius 1 is 1.10 bits per heavy atom. The third kappa shape index (κ3) is 6.18. The monoisotopic (exact) mass is 405 g/mol. The van der Waals surface area contributed by atoms with Gasteiger partial charge in [0.2, 0.25) is 5.91 Å². The van der Waals surface area contributed by atoms with Crippen LogP contribution in [0, 0.1) is 11.8 Å². The number of unbranched alkanes of at least 4 members (excludes halogenated alkanes) is 3. The van der Waals surface area contributed by atoms with E-state index in [1.165, 1.54) is 0 Å². The zero-order valence-electron chi connectivity index (χ0n) is 11.6. The van der Waals surface area contributed by atoms with Crippen LogP contribution in [0.25, 0.3) is 0 Å². The molecule has 0 aromatic heterocycles. The first-order valence-electron chi connectivity index (χ1n) is 7.37. The van der Waals surface area contributed by atoms with Gasteiger partial charge in [-0.1, -0.05) is 48.3 Å². The summed E-state index contributed by atoms with van der Waals surface area (Å²) >= 11 is 2.32. The third-order valence-electron chi connectivity index (χ3n) is 3.88. The molecule has 2 atom stereocenters. The maximum absolute atomic E-state index is 12.9. The van der Waals surface area contributed by atoms with Crippen molar-refractivity contribution in [2.75, 3.05) is 11.0 Å². The van der Waals surface area contributed by atoms with Crippen molar-refractivity contribution < 1.29 is 18.0 Å². The van der Waals surface area contributed by atoms with Gasteiger partial charge in [0.25, 0.3) is 0 Å². The van der Waals surface area contributed by atoms with E-state index in [-0.39, 0.29) is 6.42 Å². The lowest BCUT2D eigenvalue weighted by Crippen LogP contribution is -2.42. The molecular formula is C14H23F3INO. The van der Waals surface area contributed by atoms with Crippen molar-refractivity contribution in [3.63, 3.8) is 0 Å². The van der Waals surface area contributed by atoms with Crippen LogP contribution in [0.1, 0.15) is 51.4 Å². The number of carbonyl (C=O) groups is 1. The molecule has 1 aliphatic carbocycles. The largest absolute Gasteiger partial charge is 0.392 e. The highest BCUT2D eigenvalue weighted by atomic mass is 127. The zero-order chi connectivity index (χ0) is 15.0. The van der Waals surface area contributed by atoms with Gasteiger partial charge in [-0.25, -0.2) is 0 Å². The highest BCUT2D eigenvalue weighted by molar-refractivity contribution is 14.1. The SMILES string of the molecule is O=C(NCCCCCCI)C1CCCCC1C(F)(F)F. The number of rotatable bonds is 7. The van der Waals surface area contributed by atoms with Crippen molar-refractivity contribution in [3.05, 3.63) is 0 Å². The minimum absolute atomic E-state index is 0.0945. The smallest absolute Gasteiger partial charge is 0.356 e. The predicted molar refractivity (Wildman–Crippen MR) is 81.9 cm³/mol. The Morgan fingerprint density at radius 3 is 2.40 bits per heavy atom. The summed E-state index contributed by atoms with van der Waals surface area (Å²) in [4.78, 5) is 11.9. The predicted octanol–water partition coefficient (Wildman–Crippen LogP) is 4.47. The molecule has 0 radical (unpaired) electrons. The summed E-state index contributed by atoms with van der Waals surface area (Å²) < 4.78 is 39.8. The second-order valence-corrected chi connectivity index (χ2v) is 6.51. The number of hydrogen-bond acceptors (Lipinski definition) is 1. The number of carbonyl (C=O) groups excluding carboxylic acids is 1. The van der Waals surface area contributed by atoms with Crippen LogP contribution in [0.3, 0.4) is 0 Å². The average molecular weight is 405 g/mol. The van der Waals surface area contributed by atoms with Crippen LogP contribution in [0.4, 0.5) is 13.2 Å². The maximum Gasteiger partial charge on any atom is 0.392 e. The lowest BCUT2D eigenvalue weighted by atomic mass is 9.78. The first kappa shape index (κ1) is 18.0. The van der Waals surface area contributed by atoms with E-state index in [1.54, 1.807) is 0 Å². The van der Waals surface area contributed by atoms with Gasteiger partial charge in [0.15, 0.2) is 0 Å². The molecule has 6 heteroatoms. The average Bonchev–Trinajstić information content (AvgIpc) is 2.41. The van der Waals surface area contributed by atoms with Crippen LogP contribution in [-0.2, 0) is 4.79 Å². The molecule has 20 heavy (non-hydrogen) atoms. The summed E-state index contributed by atoms with van der Waals surface area (Å²) in [5.74, 6) is -2.73. The Labute approximate surface area is 132 Å². The first-order valence-corrected chi connectivity index (χ1v) is 8.89. The highest BCUT2D eigenvalue weighted by Gasteiger charge is 2.47. The van der Waals surface area contributed by atoms with Crippen LogP contribution >= 0.6 is 22.6 Å². The molecule has 1 aliphatic rings. The van der Waals surface area contributed by atoms with Gasteiger partial charge in [-0.2, -0.15) is 13.2 Å². The van der Waals surface area contributed by atoms with E-state index in [1.807, 2.05) is 0 Å². The molecule has 1 rings (SSSR count). The van der Waals surface area contributed by atoms with Crippen LogP contribution in [0.15, 0.2) is 0 Å². The molecule has 2 unspecified atom stereocenters. The molecule has 0 saturated heterocycles. The summed E-state index contributed by atoms with van der Waals surface area (Å²) in [5.41, 5.74) is 0. The highest BCUT2D eigenvalue weighted by Crippen LogP contribution is 2.41. The fraction of sp³-hybridized carbons (Fsp3) is 0.929. The van der Waals surface area contributed by atoms with E-state index in [2.05, 4.69) is 27.9 Å². The van der Waals surface area contributed by atoms with Crippen LogP contribution < -0.4 is 5.32 Å². The quantitative estimate of drug-likeness (QED) is 0.378. The van der Waals surface area contributed by atoms with Crippen molar-refractivity contribution in [1.82, 2.24) is 5.32 Å². The van der Waals surface area contributed by atoms with Gasteiger partial charge in [0.05, 0.1) is 5.92 Å². The van der Waals surface area contributed by atoms with Gasteiger partial charge in [-0.3, -0.25) is 4.79 Å². The summed E-state index contributed by atoms with van der Waals surface area (Å²) in [6.45, 7) is 0.501. The molecule has 0 heterocycles. The second-order valence-electron chi connectivity index (χ2n) is 5.43. The van der Waals surface area contributed by atoms with Crippen LogP contribution in [-0.4, -0.2) is 23.1 Å². The Kier molecular flexibility index (Phi) is 8.21. The van der Waals surface area contributed by atoms with Crippen LogP contribution in [0.2, 0.25) is 0 Å². The molecule has 1 N–H and O–H groups in total. The number of hydrogen-bond donors (Lipinski definition) is 1. The second kappa shape index (κ2) is 9.10. The summed E-state index contributed by atoms with van der Waals surface area (Å²) in [6, 6.07) is 0. The van der Waals surface area contributed by atoms with E-state index < -0.39 is 23.9 Å². The topological polar surface area (TPSA) is 29.1 Å². The number of nitrogens with one attached hydrogen (secondary N) is 1. The van der Waals surface area contributed by atoms with Gasteiger partial charge in [-0.15, -0.1) is 0 Å². The lowest BCUT2D eigenvalue weighted by molar-refractivity contribution is -0.198. The minimum Gasteiger partial charge on any atom is -0.356 e. The van der Waals surface area contributed by atoms with E-state index in [4.69, 9.17) is 0 Å². The maximum atomic E-state index is 12.9. The normalized spacial score (nSPS) is 23.6. The zero-order valence-corrected chi connectivity index (χ0v) is 13.8. The van der Waals surface area contributed by atoms with Crippen molar-refractivity contribution in [3.8, 4) is 0 Å². The van der Waals surface area contributed by atoms with Gasteiger partial charge in [0.1, 0.15) is 0 Å². The third-order valence-corrected chi connectivity index (χ3v) is 4.65. The molecule has 1 amide bonds. The molecule has 0 aromatic carbocycles. The molecule has 0 bridgehead atoms. The molecule has 0 aliphatic heterocycles.